The highest BCUT2D eigenvalue weighted by Crippen LogP contribution is 2.36. The fourth-order valence-corrected chi connectivity index (χ4v) is 3.02. The number of amides is 1. The van der Waals surface area contributed by atoms with E-state index in [0.717, 1.165) is 10.0 Å². The fourth-order valence-electron chi connectivity index (χ4n) is 2.76. The molecule has 1 aliphatic rings. The van der Waals surface area contributed by atoms with Gasteiger partial charge in [-0.15, -0.1) is 0 Å². The van der Waals surface area contributed by atoms with Gasteiger partial charge in [0, 0.05) is 24.0 Å². The molecular formula is C15H18BrNO3. The van der Waals surface area contributed by atoms with Crippen LogP contribution in [0.5, 0.6) is 0 Å². The van der Waals surface area contributed by atoms with E-state index < -0.39 is 11.4 Å². The lowest BCUT2D eigenvalue weighted by Gasteiger charge is -2.39. The minimum absolute atomic E-state index is 0.0970. The van der Waals surface area contributed by atoms with E-state index in [0.29, 0.717) is 32.4 Å². The molecule has 0 atom stereocenters. The van der Waals surface area contributed by atoms with Gasteiger partial charge in [0.05, 0.1) is 5.41 Å². The molecule has 108 valence electrons. The zero-order valence-corrected chi connectivity index (χ0v) is 13.0. The fraction of sp³-hybridized carbons (Fsp3) is 0.467. The summed E-state index contributed by atoms with van der Waals surface area (Å²) in [5, 5.41) is 9.68. The van der Waals surface area contributed by atoms with Crippen LogP contribution in [-0.2, 0) is 15.0 Å². The van der Waals surface area contributed by atoms with Crippen molar-refractivity contribution in [1.29, 1.82) is 0 Å². The first-order chi connectivity index (χ1) is 9.49. The summed E-state index contributed by atoms with van der Waals surface area (Å²) in [4.78, 5) is 25.3. The van der Waals surface area contributed by atoms with E-state index in [1.165, 1.54) is 0 Å². The van der Waals surface area contributed by atoms with Crippen molar-refractivity contribution in [2.75, 3.05) is 13.1 Å². The van der Waals surface area contributed by atoms with Crippen molar-refractivity contribution in [3.05, 3.63) is 34.3 Å². The van der Waals surface area contributed by atoms with E-state index in [9.17, 15) is 14.7 Å². The quantitative estimate of drug-likeness (QED) is 0.921. The van der Waals surface area contributed by atoms with E-state index in [2.05, 4.69) is 15.9 Å². The van der Waals surface area contributed by atoms with E-state index >= 15 is 0 Å². The van der Waals surface area contributed by atoms with Gasteiger partial charge in [-0.3, -0.25) is 9.59 Å². The van der Waals surface area contributed by atoms with Crippen LogP contribution in [0.1, 0.15) is 31.7 Å². The highest BCUT2D eigenvalue weighted by Gasteiger charge is 2.43. The monoisotopic (exact) mass is 339 g/mol. The van der Waals surface area contributed by atoms with Gasteiger partial charge in [0.25, 0.3) is 0 Å². The molecule has 20 heavy (non-hydrogen) atoms. The molecule has 1 amide bonds. The molecule has 1 N–H and O–H groups in total. The highest BCUT2D eigenvalue weighted by atomic mass is 79.9. The molecular weight excluding hydrogens is 322 g/mol. The number of carbonyl (C=O) groups excluding carboxylic acids is 1. The summed E-state index contributed by atoms with van der Waals surface area (Å²) in [5.74, 6) is -0.705. The zero-order valence-electron chi connectivity index (χ0n) is 11.4. The maximum Gasteiger partial charge on any atom is 0.314 e. The number of halogens is 1. The standard InChI is InChI=1S/C15H18BrNO3/c1-2-13(18)17-9-7-15(8-10-17,14(19)20)11-3-5-12(16)6-4-11/h3-6H,2,7-10H2,1H3,(H,19,20). The van der Waals surface area contributed by atoms with Gasteiger partial charge in [0.15, 0.2) is 0 Å². The van der Waals surface area contributed by atoms with Gasteiger partial charge in [0.1, 0.15) is 0 Å². The molecule has 0 aromatic heterocycles. The predicted molar refractivity (Wildman–Crippen MR) is 79.6 cm³/mol. The topological polar surface area (TPSA) is 57.6 Å². The molecule has 2 rings (SSSR count). The van der Waals surface area contributed by atoms with Gasteiger partial charge in [-0.05, 0) is 30.5 Å². The third-order valence-electron chi connectivity index (χ3n) is 4.08. The Kier molecular flexibility index (Phi) is 4.48. The Morgan fingerprint density at radius 3 is 2.25 bits per heavy atom. The van der Waals surface area contributed by atoms with E-state index in [4.69, 9.17) is 0 Å². The third kappa shape index (κ3) is 2.73. The van der Waals surface area contributed by atoms with Crippen molar-refractivity contribution in [2.45, 2.75) is 31.6 Å². The van der Waals surface area contributed by atoms with Crippen LogP contribution in [0.3, 0.4) is 0 Å². The molecule has 0 spiro atoms. The second-order valence-corrected chi connectivity index (χ2v) is 6.04. The van der Waals surface area contributed by atoms with E-state index in [1.807, 2.05) is 31.2 Å². The number of likely N-dealkylation sites (tertiary alicyclic amines) is 1. The largest absolute Gasteiger partial charge is 0.481 e. The summed E-state index contributed by atoms with van der Waals surface area (Å²) in [6.07, 6.45) is 1.41. The summed E-state index contributed by atoms with van der Waals surface area (Å²) < 4.78 is 0.931. The van der Waals surface area contributed by atoms with Crippen LogP contribution in [0, 0.1) is 0 Å². The number of piperidine rings is 1. The number of nitrogens with zero attached hydrogens (tertiary/aromatic N) is 1. The number of carboxylic acids is 1. The number of benzene rings is 1. The Morgan fingerprint density at radius 2 is 1.80 bits per heavy atom. The number of hydrogen-bond donors (Lipinski definition) is 1. The van der Waals surface area contributed by atoms with Crippen LogP contribution in [0.2, 0.25) is 0 Å². The van der Waals surface area contributed by atoms with Crippen molar-refractivity contribution < 1.29 is 14.7 Å². The predicted octanol–water partition coefficient (Wildman–Crippen LogP) is 2.80. The molecule has 1 fully saturated rings. The lowest BCUT2D eigenvalue weighted by molar-refractivity contribution is -0.148. The zero-order chi connectivity index (χ0) is 14.8. The first-order valence-corrected chi connectivity index (χ1v) is 7.56. The van der Waals surface area contributed by atoms with Crippen molar-refractivity contribution in [3.8, 4) is 0 Å². The van der Waals surface area contributed by atoms with Gasteiger partial charge >= 0.3 is 5.97 Å². The molecule has 0 radical (unpaired) electrons. The van der Waals surface area contributed by atoms with Crippen molar-refractivity contribution in [3.63, 3.8) is 0 Å². The third-order valence-corrected chi connectivity index (χ3v) is 4.61. The molecule has 1 aliphatic heterocycles. The number of rotatable bonds is 3. The molecule has 1 saturated heterocycles. The Bertz CT molecular complexity index is 504. The lowest BCUT2D eigenvalue weighted by atomic mass is 9.73. The number of carbonyl (C=O) groups is 2. The molecule has 0 unspecified atom stereocenters. The van der Waals surface area contributed by atoms with Crippen molar-refractivity contribution >= 4 is 27.8 Å². The van der Waals surface area contributed by atoms with Gasteiger partial charge < -0.3 is 10.0 Å². The van der Waals surface area contributed by atoms with Crippen LogP contribution < -0.4 is 0 Å². The molecule has 1 aromatic carbocycles. The minimum Gasteiger partial charge on any atom is -0.481 e. The SMILES string of the molecule is CCC(=O)N1CCC(C(=O)O)(c2ccc(Br)cc2)CC1. The molecule has 1 aromatic rings. The summed E-state index contributed by atoms with van der Waals surface area (Å²) in [6, 6.07) is 7.44. The van der Waals surface area contributed by atoms with Crippen molar-refractivity contribution in [1.82, 2.24) is 4.90 Å². The van der Waals surface area contributed by atoms with Crippen LogP contribution in [0.15, 0.2) is 28.7 Å². The first kappa shape index (κ1) is 15.0. The molecule has 0 aliphatic carbocycles. The van der Waals surface area contributed by atoms with Gasteiger partial charge in [-0.2, -0.15) is 0 Å². The van der Waals surface area contributed by atoms with E-state index in [-0.39, 0.29) is 5.91 Å². The first-order valence-electron chi connectivity index (χ1n) is 6.77. The van der Waals surface area contributed by atoms with Crippen molar-refractivity contribution in [2.24, 2.45) is 0 Å². The number of aliphatic carboxylic acids is 1. The summed E-state index contributed by atoms with van der Waals surface area (Å²) >= 11 is 3.36. The van der Waals surface area contributed by atoms with E-state index in [1.54, 1.807) is 4.90 Å². The molecule has 0 saturated carbocycles. The number of carboxylic acid groups (broad SMARTS) is 1. The average molecular weight is 340 g/mol. The Hall–Kier alpha value is -1.36. The lowest BCUT2D eigenvalue weighted by Crippen LogP contribution is -2.48. The van der Waals surface area contributed by atoms with Crippen LogP contribution in [0.4, 0.5) is 0 Å². The maximum absolute atomic E-state index is 11.8. The summed E-state index contributed by atoms with van der Waals surface area (Å²) in [5.41, 5.74) is -0.0533. The second kappa shape index (κ2) is 5.95. The Morgan fingerprint density at radius 1 is 1.25 bits per heavy atom. The molecule has 4 nitrogen and oxygen atoms in total. The Labute approximate surface area is 126 Å². The maximum atomic E-state index is 11.8. The second-order valence-electron chi connectivity index (χ2n) is 5.13. The molecule has 0 bridgehead atoms. The molecule has 5 heteroatoms. The normalized spacial score (nSPS) is 17.8. The van der Waals surface area contributed by atoms with Crippen LogP contribution in [0.25, 0.3) is 0 Å². The summed E-state index contributed by atoms with van der Waals surface area (Å²) in [7, 11) is 0. The average Bonchev–Trinajstić information content (AvgIpc) is 2.47. The van der Waals surface area contributed by atoms with Gasteiger partial charge in [-0.1, -0.05) is 35.0 Å². The molecule has 1 heterocycles. The smallest absolute Gasteiger partial charge is 0.314 e. The minimum atomic E-state index is -0.870. The number of hydrogen-bond acceptors (Lipinski definition) is 2. The van der Waals surface area contributed by atoms with Crippen LogP contribution >= 0.6 is 15.9 Å². The van der Waals surface area contributed by atoms with Gasteiger partial charge in [-0.25, -0.2) is 0 Å². The van der Waals surface area contributed by atoms with Crippen LogP contribution in [-0.4, -0.2) is 35.0 Å². The highest BCUT2D eigenvalue weighted by molar-refractivity contribution is 9.10. The van der Waals surface area contributed by atoms with Gasteiger partial charge in [0.2, 0.25) is 5.91 Å². The summed E-state index contributed by atoms with van der Waals surface area (Å²) in [6.45, 7) is 2.85. The Balaban J connectivity index is 2.24.